The number of morpholine rings is 1. The third kappa shape index (κ3) is 3.92. The van der Waals surface area contributed by atoms with Gasteiger partial charge in [0.25, 0.3) is 11.8 Å². The first-order valence-corrected chi connectivity index (χ1v) is 9.17. The van der Waals surface area contributed by atoms with E-state index >= 15 is 0 Å². The number of halogens is 1. The second kappa shape index (κ2) is 8.20. The summed E-state index contributed by atoms with van der Waals surface area (Å²) in [5, 5.41) is 0.584. The van der Waals surface area contributed by atoms with Crippen LogP contribution in [0.25, 0.3) is 5.57 Å². The quantitative estimate of drug-likeness (QED) is 0.710. The Kier molecular flexibility index (Phi) is 5.96. The molecule has 0 radical (unpaired) electrons. The van der Waals surface area contributed by atoms with Gasteiger partial charge in [-0.3, -0.25) is 14.5 Å². The molecule has 0 aromatic heterocycles. The standard InChI is InChI=1S/C19H23ClN2O4/c1-13(2)26-12-9-22-18(23)16(14-3-5-15(20)6-4-14)17(19(22)24)21-7-10-25-11-8-21/h3-6,13H,7-12H2,1-2H3. The molecule has 3 rings (SSSR count). The predicted octanol–water partition coefficient (Wildman–Crippen LogP) is 2.18. The zero-order chi connectivity index (χ0) is 18.7. The van der Waals surface area contributed by atoms with Gasteiger partial charge in [0.05, 0.1) is 38.0 Å². The van der Waals surface area contributed by atoms with Crippen molar-refractivity contribution >= 4 is 29.0 Å². The highest BCUT2D eigenvalue weighted by molar-refractivity contribution is 6.36. The van der Waals surface area contributed by atoms with Crippen LogP contribution in [0.1, 0.15) is 19.4 Å². The zero-order valence-corrected chi connectivity index (χ0v) is 15.8. The van der Waals surface area contributed by atoms with Gasteiger partial charge in [-0.2, -0.15) is 0 Å². The molecule has 2 aliphatic heterocycles. The fourth-order valence-corrected chi connectivity index (χ4v) is 3.23. The fourth-order valence-electron chi connectivity index (χ4n) is 3.10. The number of amides is 2. The Labute approximate surface area is 158 Å². The average molecular weight is 379 g/mol. The summed E-state index contributed by atoms with van der Waals surface area (Å²) >= 11 is 5.97. The molecule has 0 atom stereocenters. The lowest BCUT2D eigenvalue weighted by molar-refractivity contribution is -0.138. The Balaban J connectivity index is 1.92. The largest absolute Gasteiger partial charge is 0.378 e. The number of hydrogen-bond acceptors (Lipinski definition) is 5. The molecule has 26 heavy (non-hydrogen) atoms. The van der Waals surface area contributed by atoms with E-state index in [0.29, 0.717) is 54.8 Å². The lowest BCUT2D eigenvalue weighted by atomic mass is 10.0. The van der Waals surface area contributed by atoms with Crippen LogP contribution in [0.5, 0.6) is 0 Å². The third-order valence-electron chi connectivity index (χ3n) is 4.37. The summed E-state index contributed by atoms with van der Waals surface area (Å²) in [6.07, 6.45) is 0.0465. The molecule has 0 saturated carbocycles. The molecular weight excluding hydrogens is 356 g/mol. The van der Waals surface area contributed by atoms with Gasteiger partial charge >= 0.3 is 0 Å². The summed E-state index contributed by atoms with van der Waals surface area (Å²) < 4.78 is 10.9. The molecule has 1 aromatic carbocycles. The van der Waals surface area contributed by atoms with Crippen molar-refractivity contribution < 1.29 is 19.1 Å². The van der Waals surface area contributed by atoms with Crippen LogP contribution >= 0.6 is 11.6 Å². The van der Waals surface area contributed by atoms with E-state index in [-0.39, 0.29) is 24.5 Å². The van der Waals surface area contributed by atoms with Crippen LogP contribution in [-0.4, -0.2) is 67.2 Å². The summed E-state index contributed by atoms with van der Waals surface area (Å²) in [4.78, 5) is 29.3. The summed E-state index contributed by atoms with van der Waals surface area (Å²) in [6, 6.07) is 7.00. The number of carbonyl (C=O) groups excluding carboxylic acids is 2. The Morgan fingerprint density at radius 3 is 2.38 bits per heavy atom. The highest BCUT2D eigenvalue weighted by Crippen LogP contribution is 2.32. The molecule has 0 bridgehead atoms. The maximum Gasteiger partial charge on any atom is 0.277 e. The van der Waals surface area contributed by atoms with Crippen LogP contribution in [0, 0.1) is 0 Å². The average Bonchev–Trinajstić information content (AvgIpc) is 2.87. The molecule has 2 aliphatic rings. The molecule has 2 amide bonds. The monoisotopic (exact) mass is 378 g/mol. The van der Waals surface area contributed by atoms with Crippen molar-refractivity contribution in [2.75, 3.05) is 39.5 Å². The first-order valence-electron chi connectivity index (χ1n) is 8.79. The van der Waals surface area contributed by atoms with Crippen molar-refractivity contribution in [1.29, 1.82) is 0 Å². The van der Waals surface area contributed by atoms with E-state index in [2.05, 4.69) is 0 Å². The Bertz CT molecular complexity index is 709. The second-order valence-electron chi connectivity index (χ2n) is 6.51. The van der Waals surface area contributed by atoms with E-state index in [4.69, 9.17) is 21.1 Å². The van der Waals surface area contributed by atoms with Gasteiger partial charge in [-0.15, -0.1) is 0 Å². The zero-order valence-electron chi connectivity index (χ0n) is 15.0. The van der Waals surface area contributed by atoms with Crippen LogP contribution in [-0.2, 0) is 19.1 Å². The molecule has 1 aromatic rings. The van der Waals surface area contributed by atoms with Crippen molar-refractivity contribution in [2.45, 2.75) is 20.0 Å². The minimum atomic E-state index is -0.286. The number of carbonyl (C=O) groups is 2. The molecule has 1 saturated heterocycles. The summed E-state index contributed by atoms with van der Waals surface area (Å²) in [6.45, 7) is 6.64. The van der Waals surface area contributed by atoms with Gasteiger partial charge in [0.15, 0.2) is 0 Å². The van der Waals surface area contributed by atoms with E-state index in [9.17, 15) is 9.59 Å². The van der Waals surface area contributed by atoms with Crippen molar-refractivity contribution in [2.24, 2.45) is 0 Å². The van der Waals surface area contributed by atoms with Gasteiger partial charge in [-0.25, -0.2) is 0 Å². The molecule has 6 nitrogen and oxygen atoms in total. The van der Waals surface area contributed by atoms with Gasteiger partial charge < -0.3 is 14.4 Å². The van der Waals surface area contributed by atoms with Gasteiger partial charge in [0.2, 0.25) is 0 Å². The smallest absolute Gasteiger partial charge is 0.277 e. The molecule has 7 heteroatoms. The van der Waals surface area contributed by atoms with Gasteiger partial charge in [0, 0.05) is 18.1 Å². The second-order valence-corrected chi connectivity index (χ2v) is 6.95. The van der Waals surface area contributed by atoms with Crippen molar-refractivity contribution in [3.05, 3.63) is 40.5 Å². The van der Waals surface area contributed by atoms with Crippen LogP contribution < -0.4 is 0 Å². The highest BCUT2D eigenvalue weighted by atomic mass is 35.5. The number of hydrogen-bond donors (Lipinski definition) is 0. The van der Waals surface area contributed by atoms with E-state index in [1.165, 1.54) is 4.90 Å². The first-order chi connectivity index (χ1) is 12.5. The maximum absolute atomic E-state index is 13.0. The maximum atomic E-state index is 13.0. The van der Waals surface area contributed by atoms with Crippen LogP contribution in [0.4, 0.5) is 0 Å². The van der Waals surface area contributed by atoms with E-state index in [1.54, 1.807) is 24.3 Å². The molecule has 0 spiro atoms. The molecule has 0 unspecified atom stereocenters. The fraction of sp³-hybridized carbons (Fsp3) is 0.474. The van der Waals surface area contributed by atoms with Crippen LogP contribution in [0.15, 0.2) is 30.0 Å². The number of rotatable bonds is 6. The molecule has 0 aliphatic carbocycles. The van der Waals surface area contributed by atoms with E-state index in [1.807, 2.05) is 18.7 Å². The van der Waals surface area contributed by atoms with Crippen molar-refractivity contribution in [1.82, 2.24) is 9.80 Å². The molecular formula is C19H23ClN2O4. The Morgan fingerprint density at radius 1 is 1.12 bits per heavy atom. The molecule has 140 valence electrons. The first kappa shape index (κ1) is 18.9. The summed E-state index contributed by atoms with van der Waals surface area (Å²) in [5.41, 5.74) is 1.57. The summed E-state index contributed by atoms with van der Waals surface area (Å²) in [7, 11) is 0. The van der Waals surface area contributed by atoms with Crippen molar-refractivity contribution in [3.63, 3.8) is 0 Å². The van der Waals surface area contributed by atoms with Gasteiger partial charge in [0.1, 0.15) is 5.70 Å². The predicted molar refractivity (Wildman–Crippen MR) is 98.6 cm³/mol. The molecule has 2 heterocycles. The van der Waals surface area contributed by atoms with Crippen molar-refractivity contribution in [3.8, 4) is 0 Å². The molecule has 0 N–H and O–H groups in total. The van der Waals surface area contributed by atoms with E-state index < -0.39 is 0 Å². The number of imide groups is 1. The minimum absolute atomic E-state index is 0.0465. The van der Waals surface area contributed by atoms with Crippen LogP contribution in [0.3, 0.4) is 0 Å². The van der Waals surface area contributed by atoms with E-state index in [0.717, 1.165) is 0 Å². The Morgan fingerprint density at radius 2 is 1.77 bits per heavy atom. The topological polar surface area (TPSA) is 59.1 Å². The Hall–Kier alpha value is -1.89. The normalized spacial score (nSPS) is 18.5. The SMILES string of the molecule is CC(C)OCCN1C(=O)C(c2ccc(Cl)cc2)=C(N2CCOCC2)C1=O. The summed E-state index contributed by atoms with van der Waals surface area (Å²) in [5.74, 6) is -0.555. The lowest BCUT2D eigenvalue weighted by Crippen LogP contribution is -2.41. The molecule has 1 fully saturated rings. The van der Waals surface area contributed by atoms with Crippen LogP contribution in [0.2, 0.25) is 5.02 Å². The van der Waals surface area contributed by atoms with Gasteiger partial charge in [-0.1, -0.05) is 23.7 Å². The lowest BCUT2D eigenvalue weighted by Gasteiger charge is -2.29. The highest BCUT2D eigenvalue weighted by Gasteiger charge is 2.41. The number of ether oxygens (including phenoxy) is 2. The number of benzene rings is 1. The third-order valence-corrected chi connectivity index (χ3v) is 4.62. The van der Waals surface area contributed by atoms with Gasteiger partial charge in [-0.05, 0) is 31.5 Å². The number of nitrogens with zero attached hydrogens (tertiary/aromatic N) is 2. The minimum Gasteiger partial charge on any atom is -0.378 e.